The number of amides is 4. The molecule has 1 aliphatic rings. The molecule has 1 aromatic heterocycles. The summed E-state index contributed by atoms with van der Waals surface area (Å²) >= 11 is 0. The summed E-state index contributed by atoms with van der Waals surface area (Å²) in [7, 11) is 0. The van der Waals surface area contributed by atoms with E-state index in [1.165, 1.54) is 4.90 Å². The van der Waals surface area contributed by atoms with Crippen molar-refractivity contribution < 1.29 is 18.8 Å². The fraction of sp³-hybridized carbons (Fsp3) is 0.174. The fourth-order valence-electron chi connectivity index (χ4n) is 3.39. The summed E-state index contributed by atoms with van der Waals surface area (Å²) in [5.74, 6) is 0.338. The number of imide groups is 1. The molecule has 7 heteroatoms. The van der Waals surface area contributed by atoms with E-state index in [1.807, 2.05) is 36.4 Å². The van der Waals surface area contributed by atoms with Gasteiger partial charge in [0.1, 0.15) is 11.8 Å². The van der Waals surface area contributed by atoms with Gasteiger partial charge in [0, 0.05) is 18.5 Å². The SMILES string of the molecule is O=C(Nc1ccc(CN2C(=O)CCC2=O)cc1)NC(c1ccccc1)c1ccco1. The number of nitrogens with one attached hydrogen (secondary N) is 2. The van der Waals surface area contributed by atoms with E-state index in [1.54, 1.807) is 36.6 Å². The maximum atomic E-state index is 12.6. The largest absolute Gasteiger partial charge is 0.467 e. The molecule has 2 N–H and O–H groups in total. The summed E-state index contributed by atoms with van der Waals surface area (Å²) in [6.07, 6.45) is 2.12. The average molecular weight is 403 g/mol. The molecule has 4 rings (SSSR count). The molecular formula is C23H21N3O4. The van der Waals surface area contributed by atoms with Crippen LogP contribution in [0.3, 0.4) is 0 Å². The second-order valence-electron chi connectivity index (χ2n) is 7.03. The Balaban J connectivity index is 1.40. The number of benzene rings is 2. The van der Waals surface area contributed by atoms with Gasteiger partial charge in [-0.3, -0.25) is 14.5 Å². The smallest absolute Gasteiger partial charge is 0.320 e. The molecule has 7 nitrogen and oxygen atoms in total. The number of furan rings is 1. The molecule has 0 spiro atoms. The maximum Gasteiger partial charge on any atom is 0.320 e. The van der Waals surface area contributed by atoms with E-state index in [0.717, 1.165) is 11.1 Å². The highest BCUT2D eigenvalue weighted by Gasteiger charge is 2.28. The van der Waals surface area contributed by atoms with Crippen molar-refractivity contribution in [1.82, 2.24) is 10.2 Å². The number of nitrogens with zero attached hydrogens (tertiary/aromatic N) is 1. The van der Waals surface area contributed by atoms with Crippen LogP contribution < -0.4 is 10.6 Å². The van der Waals surface area contributed by atoms with Gasteiger partial charge in [0.2, 0.25) is 11.8 Å². The number of carbonyl (C=O) groups excluding carboxylic acids is 3. The van der Waals surface area contributed by atoms with Crippen molar-refractivity contribution in [2.24, 2.45) is 0 Å². The van der Waals surface area contributed by atoms with Gasteiger partial charge in [-0.2, -0.15) is 0 Å². The molecule has 2 heterocycles. The lowest BCUT2D eigenvalue weighted by Crippen LogP contribution is -2.33. The van der Waals surface area contributed by atoms with E-state index in [2.05, 4.69) is 10.6 Å². The van der Waals surface area contributed by atoms with Crippen molar-refractivity contribution in [1.29, 1.82) is 0 Å². The second kappa shape index (κ2) is 8.65. The van der Waals surface area contributed by atoms with E-state index >= 15 is 0 Å². The summed E-state index contributed by atoms with van der Waals surface area (Å²) in [6, 6.07) is 19.4. The first kappa shape index (κ1) is 19.4. The van der Waals surface area contributed by atoms with Gasteiger partial charge in [0.05, 0.1) is 12.8 Å². The summed E-state index contributed by atoms with van der Waals surface area (Å²) in [5.41, 5.74) is 2.32. The molecule has 1 unspecified atom stereocenters. The molecule has 1 aliphatic heterocycles. The first-order valence-electron chi connectivity index (χ1n) is 9.68. The van der Waals surface area contributed by atoms with Crippen molar-refractivity contribution >= 4 is 23.5 Å². The molecule has 1 saturated heterocycles. The number of carbonyl (C=O) groups is 3. The minimum absolute atomic E-state index is 0.147. The van der Waals surface area contributed by atoms with Gasteiger partial charge in [0.15, 0.2) is 0 Å². The Morgan fingerprint density at radius 1 is 0.933 bits per heavy atom. The highest BCUT2D eigenvalue weighted by molar-refractivity contribution is 6.01. The zero-order valence-corrected chi connectivity index (χ0v) is 16.2. The van der Waals surface area contributed by atoms with Crippen LogP contribution in [0.2, 0.25) is 0 Å². The molecule has 2 aromatic carbocycles. The van der Waals surface area contributed by atoms with Gasteiger partial charge in [0.25, 0.3) is 0 Å². The van der Waals surface area contributed by atoms with Crippen LogP contribution in [0.15, 0.2) is 77.4 Å². The number of rotatable bonds is 6. The van der Waals surface area contributed by atoms with Crippen LogP contribution in [-0.2, 0) is 16.1 Å². The zero-order chi connectivity index (χ0) is 20.9. The summed E-state index contributed by atoms with van der Waals surface area (Å²) in [4.78, 5) is 37.3. The predicted octanol–water partition coefficient (Wildman–Crippen LogP) is 3.84. The maximum absolute atomic E-state index is 12.6. The molecule has 0 saturated carbocycles. The monoisotopic (exact) mass is 403 g/mol. The van der Waals surface area contributed by atoms with E-state index < -0.39 is 6.04 Å². The minimum atomic E-state index is -0.423. The Morgan fingerprint density at radius 3 is 2.27 bits per heavy atom. The van der Waals surface area contributed by atoms with Crippen LogP contribution >= 0.6 is 0 Å². The molecule has 0 bridgehead atoms. The molecule has 152 valence electrons. The van der Waals surface area contributed by atoms with Crippen molar-refractivity contribution in [3.05, 3.63) is 89.9 Å². The first-order chi connectivity index (χ1) is 14.6. The van der Waals surface area contributed by atoms with Crippen LogP contribution in [-0.4, -0.2) is 22.7 Å². The van der Waals surface area contributed by atoms with Crippen LogP contribution in [0.1, 0.15) is 35.8 Å². The molecule has 1 atom stereocenters. The topological polar surface area (TPSA) is 91.7 Å². The number of hydrogen-bond acceptors (Lipinski definition) is 4. The van der Waals surface area contributed by atoms with E-state index in [9.17, 15) is 14.4 Å². The van der Waals surface area contributed by atoms with Crippen LogP contribution in [0.4, 0.5) is 10.5 Å². The van der Waals surface area contributed by atoms with E-state index in [0.29, 0.717) is 11.4 Å². The van der Waals surface area contributed by atoms with E-state index in [4.69, 9.17) is 4.42 Å². The quantitative estimate of drug-likeness (QED) is 0.612. The standard InChI is InChI=1S/C23H21N3O4/c27-20-12-13-21(28)26(20)15-16-8-10-18(11-9-16)24-23(29)25-22(19-7-4-14-30-19)17-5-2-1-3-6-17/h1-11,14,22H,12-13,15H2,(H2,24,25,29). The molecule has 1 fully saturated rings. The number of urea groups is 1. The Labute approximate surface area is 173 Å². The normalized spacial score (nSPS) is 14.6. The van der Waals surface area contributed by atoms with Crippen molar-refractivity contribution in [2.45, 2.75) is 25.4 Å². The van der Waals surface area contributed by atoms with Gasteiger partial charge in [-0.25, -0.2) is 4.79 Å². The van der Waals surface area contributed by atoms with Gasteiger partial charge in [-0.05, 0) is 35.4 Å². The minimum Gasteiger partial charge on any atom is -0.467 e. The molecule has 0 aliphatic carbocycles. The Kier molecular flexibility index (Phi) is 5.61. The predicted molar refractivity (Wildman–Crippen MR) is 110 cm³/mol. The van der Waals surface area contributed by atoms with Crippen molar-refractivity contribution in [3.63, 3.8) is 0 Å². The highest BCUT2D eigenvalue weighted by Crippen LogP contribution is 2.23. The molecule has 3 aromatic rings. The summed E-state index contributed by atoms with van der Waals surface area (Å²) in [6.45, 7) is 0.249. The number of likely N-dealkylation sites (tertiary alicyclic amines) is 1. The second-order valence-corrected chi connectivity index (χ2v) is 7.03. The summed E-state index contributed by atoms with van der Waals surface area (Å²) in [5, 5.41) is 5.73. The van der Waals surface area contributed by atoms with Gasteiger partial charge < -0.3 is 15.1 Å². The first-order valence-corrected chi connectivity index (χ1v) is 9.68. The van der Waals surface area contributed by atoms with Gasteiger partial charge >= 0.3 is 6.03 Å². The van der Waals surface area contributed by atoms with Crippen LogP contribution in [0, 0.1) is 0 Å². The summed E-state index contributed by atoms with van der Waals surface area (Å²) < 4.78 is 5.50. The van der Waals surface area contributed by atoms with Crippen LogP contribution in [0.5, 0.6) is 0 Å². The van der Waals surface area contributed by atoms with Gasteiger partial charge in [-0.1, -0.05) is 42.5 Å². The molecule has 30 heavy (non-hydrogen) atoms. The zero-order valence-electron chi connectivity index (χ0n) is 16.2. The highest BCUT2D eigenvalue weighted by atomic mass is 16.3. The van der Waals surface area contributed by atoms with Crippen LogP contribution in [0.25, 0.3) is 0 Å². The number of hydrogen-bond donors (Lipinski definition) is 2. The number of anilines is 1. The average Bonchev–Trinajstić information content (AvgIpc) is 3.40. The lowest BCUT2D eigenvalue weighted by Gasteiger charge is -2.18. The molecule has 4 amide bonds. The van der Waals surface area contributed by atoms with Crippen molar-refractivity contribution in [2.75, 3.05) is 5.32 Å². The third-order valence-corrected chi connectivity index (χ3v) is 4.94. The fourth-order valence-corrected chi connectivity index (χ4v) is 3.39. The third kappa shape index (κ3) is 4.41. The Bertz CT molecular complexity index is 1010. The lowest BCUT2D eigenvalue weighted by molar-refractivity contribution is -0.139. The van der Waals surface area contributed by atoms with E-state index in [-0.39, 0.29) is 37.2 Å². The molecule has 0 radical (unpaired) electrons. The Morgan fingerprint density at radius 2 is 1.63 bits per heavy atom. The lowest BCUT2D eigenvalue weighted by atomic mass is 10.1. The van der Waals surface area contributed by atoms with Gasteiger partial charge in [-0.15, -0.1) is 0 Å². The van der Waals surface area contributed by atoms with Crippen molar-refractivity contribution in [3.8, 4) is 0 Å². The Hall–Kier alpha value is -3.87. The third-order valence-electron chi connectivity index (χ3n) is 4.94. The molecular weight excluding hydrogens is 382 g/mol.